The fourth-order valence-corrected chi connectivity index (χ4v) is 3.64. The van der Waals surface area contributed by atoms with E-state index in [2.05, 4.69) is 19.4 Å². The highest BCUT2D eigenvalue weighted by atomic mass is 32.2. The van der Waals surface area contributed by atoms with Gasteiger partial charge in [0.15, 0.2) is 11.7 Å². The Balaban J connectivity index is 1.83. The summed E-state index contributed by atoms with van der Waals surface area (Å²) < 4.78 is 60.2. The molecule has 0 spiro atoms. The molecule has 0 saturated carbocycles. The van der Waals surface area contributed by atoms with Crippen molar-refractivity contribution in [3.05, 3.63) is 59.4 Å². The zero-order valence-electron chi connectivity index (χ0n) is 16.6. The van der Waals surface area contributed by atoms with Crippen LogP contribution in [0.2, 0.25) is 0 Å². The van der Waals surface area contributed by atoms with Crippen molar-refractivity contribution in [2.45, 2.75) is 24.7 Å². The number of aliphatic hydroxyl groups excluding tert-OH is 1. The standard InChI is InChI=1S/C19H20F3N5O3S/c1-27(2)18(29)12-9-6-10-13(14(12)28)23-16-17(26-31(30)25-16)24-15(19(20,21)22)11-7-4-3-5-8-11/h3-9,13,15,28H,10H2,1-2H3,(H,23,25)(H,24,26)/t13?,15-,31?/m0/s1. The number of halogens is 3. The molecule has 1 aliphatic heterocycles. The van der Waals surface area contributed by atoms with Gasteiger partial charge in [-0.3, -0.25) is 4.79 Å². The molecular formula is C19H20F3N5O3S. The van der Waals surface area contributed by atoms with Gasteiger partial charge in [0, 0.05) is 14.1 Å². The molecule has 0 fully saturated rings. The summed E-state index contributed by atoms with van der Waals surface area (Å²) in [4.78, 5) is 13.5. The number of nitrogens with zero attached hydrogens (tertiary/aromatic N) is 3. The number of hydrogen-bond donors (Lipinski definition) is 3. The van der Waals surface area contributed by atoms with Crippen LogP contribution in [-0.2, 0) is 16.0 Å². The van der Waals surface area contributed by atoms with E-state index in [1.54, 1.807) is 12.1 Å². The Bertz CT molecular complexity index is 1000. The van der Waals surface area contributed by atoms with Gasteiger partial charge in [0.25, 0.3) is 17.1 Å². The predicted octanol–water partition coefficient (Wildman–Crippen LogP) is 2.09. The fourth-order valence-electron chi connectivity index (χ4n) is 3.01. The van der Waals surface area contributed by atoms with E-state index in [9.17, 15) is 27.3 Å². The van der Waals surface area contributed by atoms with E-state index in [0.717, 1.165) is 0 Å². The summed E-state index contributed by atoms with van der Waals surface area (Å²) in [6.07, 6.45) is -1.34. The van der Waals surface area contributed by atoms with Crippen LogP contribution in [0.1, 0.15) is 18.0 Å². The molecule has 1 amide bonds. The molecule has 2 aliphatic rings. The summed E-state index contributed by atoms with van der Waals surface area (Å²) in [5.41, 5.74) is -0.0192. The average Bonchev–Trinajstić information content (AvgIpc) is 3.05. The van der Waals surface area contributed by atoms with Gasteiger partial charge in [0.2, 0.25) is 0 Å². The molecule has 31 heavy (non-hydrogen) atoms. The molecule has 1 heterocycles. The Morgan fingerprint density at radius 3 is 2.48 bits per heavy atom. The molecule has 2 unspecified atom stereocenters. The van der Waals surface area contributed by atoms with Crippen LogP contribution in [0.4, 0.5) is 13.2 Å². The lowest BCUT2D eigenvalue weighted by Gasteiger charge is -2.26. The molecule has 0 bridgehead atoms. The maximum absolute atomic E-state index is 13.7. The molecule has 0 saturated heterocycles. The number of likely N-dealkylation sites (N-methyl/N-ethyl adjacent to an activating group) is 1. The van der Waals surface area contributed by atoms with Crippen LogP contribution in [0, 0.1) is 0 Å². The van der Waals surface area contributed by atoms with E-state index in [1.165, 1.54) is 49.3 Å². The van der Waals surface area contributed by atoms with Crippen LogP contribution in [-0.4, -0.2) is 58.1 Å². The van der Waals surface area contributed by atoms with E-state index >= 15 is 0 Å². The first-order chi connectivity index (χ1) is 14.6. The zero-order valence-corrected chi connectivity index (χ0v) is 17.4. The van der Waals surface area contributed by atoms with Crippen LogP contribution in [0.5, 0.6) is 0 Å². The monoisotopic (exact) mass is 455 g/mol. The molecule has 0 aromatic heterocycles. The van der Waals surface area contributed by atoms with Crippen molar-refractivity contribution in [2.24, 2.45) is 8.80 Å². The molecular weight excluding hydrogens is 435 g/mol. The molecule has 3 atom stereocenters. The summed E-state index contributed by atoms with van der Waals surface area (Å²) in [6, 6.07) is 4.17. The summed E-state index contributed by atoms with van der Waals surface area (Å²) >= 11 is -2.13. The molecule has 8 nitrogen and oxygen atoms in total. The lowest BCUT2D eigenvalue weighted by atomic mass is 9.99. The minimum atomic E-state index is -4.67. The first-order valence-electron chi connectivity index (χ1n) is 9.13. The van der Waals surface area contributed by atoms with Gasteiger partial charge in [-0.05, 0) is 18.1 Å². The second-order valence-corrected chi connectivity index (χ2v) is 7.80. The van der Waals surface area contributed by atoms with Gasteiger partial charge < -0.3 is 20.6 Å². The van der Waals surface area contributed by atoms with E-state index in [1.807, 2.05) is 0 Å². The number of amides is 1. The van der Waals surface area contributed by atoms with Crippen LogP contribution >= 0.6 is 0 Å². The number of benzene rings is 1. The van der Waals surface area contributed by atoms with Gasteiger partial charge in [-0.15, -0.1) is 8.80 Å². The topological polar surface area (TPSA) is 106 Å². The Morgan fingerprint density at radius 2 is 1.87 bits per heavy atom. The number of rotatable bonds is 4. The molecule has 1 aliphatic carbocycles. The Morgan fingerprint density at radius 1 is 1.23 bits per heavy atom. The molecule has 166 valence electrons. The minimum absolute atomic E-state index is 0.0392. The Labute approximate surface area is 179 Å². The minimum Gasteiger partial charge on any atom is -0.509 e. The van der Waals surface area contributed by atoms with Gasteiger partial charge in [0.1, 0.15) is 11.8 Å². The third-order valence-corrected chi connectivity index (χ3v) is 5.19. The smallest absolute Gasteiger partial charge is 0.412 e. The number of carbonyl (C=O) groups is 1. The number of carbonyl (C=O) groups excluding carboxylic acids is 1. The van der Waals surface area contributed by atoms with E-state index < -0.39 is 35.3 Å². The van der Waals surface area contributed by atoms with Crippen LogP contribution < -0.4 is 10.6 Å². The molecule has 1 aromatic carbocycles. The lowest BCUT2D eigenvalue weighted by molar-refractivity contribution is -0.153. The van der Waals surface area contributed by atoms with Gasteiger partial charge in [-0.1, -0.05) is 36.4 Å². The van der Waals surface area contributed by atoms with Crippen molar-refractivity contribution in [1.29, 1.82) is 0 Å². The number of hydrogen-bond acceptors (Lipinski definition) is 5. The van der Waals surface area contributed by atoms with Gasteiger partial charge >= 0.3 is 6.18 Å². The summed E-state index contributed by atoms with van der Waals surface area (Å²) in [5, 5.41) is 15.5. The second-order valence-electron chi connectivity index (χ2n) is 6.97. The SMILES string of the molecule is CN(C)C(=O)C1=C(O)C(NC2=NS(=O)N=C2N[C@@H](c2ccccc2)C(F)(F)F)CC=C1. The summed E-state index contributed by atoms with van der Waals surface area (Å²) in [7, 11) is 3.04. The third-order valence-electron chi connectivity index (χ3n) is 4.51. The summed E-state index contributed by atoms with van der Waals surface area (Å²) in [6.45, 7) is 0. The van der Waals surface area contributed by atoms with Crippen LogP contribution in [0.3, 0.4) is 0 Å². The second kappa shape index (κ2) is 8.92. The third kappa shape index (κ3) is 5.13. The largest absolute Gasteiger partial charge is 0.509 e. The molecule has 0 radical (unpaired) electrons. The normalized spacial score (nSPS) is 22.0. The van der Waals surface area contributed by atoms with Gasteiger partial charge in [0.05, 0.1) is 11.6 Å². The van der Waals surface area contributed by atoms with Crippen LogP contribution in [0.25, 0.3) is 0 Å². The number of aliphatic hydroxyl groups is 1. The maximum atomic E-state index is 13.7. The van der Waals surface area contributed by atoms with E-state index in [-0.39, 0.29) is 35.0 Å². The molecule has 3 rings (SSSR count). The lowest BCUT2D eigenvalue weighted by Crippen LogP contribution is -2.48. The highest BCUT2D eigenvalue weighted by Gasteiger charge is 2.43. The van der Waals surface area contributed by atoms with Crippen molar-refractivity contribution < 1.29 is 27.3 Å². The molecule has 1 aromatic rings. The number of amidine groups is 2. The van der Waals surface area contributed by atoms with Crippen molar-refractivity contribution >= 4 is 28.8 Å². The zero-order chi connectivity index (χ0) is 22.8. The van der Waals surface area contributed by atoms with Crippen molar-refractivity contribution in [3.8, 4) is 0 Å². The summed E-state index contributed by atoms with van der Waals surface area (Å²) in [5.74, 6) is -1.29. The first-order valence-corrected chi connectivity index (χ1v) is 10.2. The van der Waals surface area contributed by atoms with Crippen LogP contribution in [0.15, 0.2) is 62.6 Å². The van der Waals surface area contributed by atoms with Gasteiger partial charge in [-0.2, -0.15) is 13.2 Å². The quantitative estimate of drug-likeness (QED) is 0.645. The van der Waals surface area contributed by atoms with Crippen molar-refractivity contribution in [3.63, 3.8) is 0 Å². The average molecular weight is 455 g/mol. The highest BCUT2D eigenvalue weighted by molar-refractivity contribution is 7.83. The van der Waals surface area contributed by atoms with Crippen molar-refractivity contribution in [1.82, 2.24) is 15.5 Å². The van der Waals surface area contributed by atoms with E-state index in [0.29, 0.717) is 0 Å². The number of nitrogens with one attached hydrogen (secondary N) is 2. The first kappa shape index (κ1) is 22.5. The van der Waals surface area contributed by atoms with Gasteiger partial charge in [-0.25, -0.2) is 4.21 Å². The van der Waals surface area contributed by atoms with E-state index in [4.69, 9.17) is 0 Å². The predicted molar refractivity (Wildman–Crippen MR) is 110 cm³/mol. The maximum Gasteiger partial charge on any atom is 0.412 e. The molecule has 3 N–H and O–H groups in total. The fraction of sp³-hybridized carbons (Fsp3) is 0.316. The molecule has 12 heteroatoms. The van der Waals surface area contributed by atoms with Crippen molar-refractivity contribution in [2.75, 3.05) is 14.1 Å². The highest BCUT2D eigenvalue weighted by Crippen LogP contribution is 2.33. The Kier molecular flexibility index (Phi) is 6.48. The Hall–Kier alpha value is -3.15. The number of alkyl halides is 3.